The summed E-state index contributed by atoms with van der Waals surface area (Å²) in [6, 6.07) is 11.2. The second kappa shape index (κ2) is 7.61. The third-order valence-electron chi connectivity index (χ3n) is 7.61. The molecule has 2 saturated heterocycles. The van der Waals surface area contributed by atoms with Gasteiger partial charge in [-0.2, -0.15) is 0 Å². The predicted octanol–water partition coefficient (Wildman–Crippen LogP) is 4.28. The molecule has 2 heterocycles. The first kappa shape index (κ1) is 18.5. The maximum absolute atomic E-state index is 5.82. The molecule has 0 bridgehead atoms. The Morgan fingerprint density at radius 3 is 2.50 bits per heavy atom. The Morgan fingerprint density at radius 1 is 1.08 bits per heavy atom. The van der Waals surface area contributed by atoms with E-state index in [1.807, 2.05) is 0 Å². The topological polar surface area (TPSA) is 15.7 Å². The average molecular weight is 357 g/mol. The van der Waals surface area contributed by atoms with Gasteiger partial charge in [0.05, 0.1) is 6.10 Å². The van der Waals surface area contributed by atoms with Gasteiger partial charge in [0.15, 0.2) is 0 Å². The lowest BCUT2D eigenvalue weighted by atomic mass is 9.64. The Labute approximate surface area is 159 Å². The van der Waals surface area contributed by atoms with Gasteiger partial charge in [-0.3, -0.25) is 4.90 Å². The molecule has 1 atom stereocenters. The molecule has 1 spiro atoms. The van der Waals surface area contributed by atoms with E-state index >= 15 is 0 Å². The van der Waals surface area contributed by atoms with Crippen molar-refractivity contribution in [3.05, 3.63) is 35.9 Å². The van der Waals surface area contributed by atoms with Gasteiger partial charge in [0.1, 0.15) is 0 Å². The van der Waals surface area contributed by atoms with Gasteiger partial charge in [0.2, 0.25) is 0 Å². The molecule has 0 radical (unpaired) electrons. The molecule has 1 aromatic rings. The van der Waals surface area contributed by atoms with E-state index in [2.05, 4.69) is 54.2 Å². The second-order valence-corrected chi connectivity index (χ2v) is 9.24. The molecular formula is C23H36N2O. The Kier molecular flexibility index (Phi) is 5.41. The van der Waals surface area contributed by atoms with Gasteiger partial charge in [0, 0.05) is 25.2 Å². The number of benzene rings is 1. The van der Waals surface area contributed by atoms with Crippen LogP contribution >= 0.6 is 0 Å². The van der Waals surface area contributed by atoms with Crippen molar-refractivity contribution >= 4 is 0 Å². The predicted molar refractivity (Wildman–Crippen MR) is 107 cm³/mol. The molecule has 0 N–H and O–H groups in total. The van der Waals surface area contributed by atoms with Crippen molar-refractivity contribution in [3.8, 4) is 0 Å². The SMILES string of the molecule is CN(C)C1(c2ccccc2)CCC2(CCN(CCC3CCCO3)C2)CC1. The molecule has 4 rings (SSSR count). The molecule has 2 aliphatic heterocycles. The number of nitrogens with zero attached hydrogens (tertiary/aromatic N) is 2. The third-order valence-corrected chi connectivity index (χ3v) is 7.61. The van der Waals surface area contributed by atoms with E-state index in [0.717, 1.165) is 6.61 Å². The van der Waals surface area contributed by atoms with Crippen LogP contribution in [0.15, 0.2) is 30.3 Å². The summed E-state index contributed by atoms with van der Waals surface area (Å²) in [4.78, 5) is 5.21. The summed E-state index contributed by atoms with van der Waals surface area (Å²) < 4.78 is 5.82. The van der Waals surface area contributed by atoms with Gasteiger partial charge in [-0.15, -0.1) is 0 Å². The van der Waals surface area contributed by atoms with Crippen molar-refractivity contribution in [1.29, 1.82) is 0 Å². The molecule has 3 aliphatic rings. The van der Waals surface area contributed by atoms with Crippen LogP contribution < -0.4 is 0 Å². The van der Waals surface area contributed by atoms with Crippen LogP contribution in [0.1, 0.15) is 56.9 Å². The quantitative estimate of drug-likeness (QED) is 0.783. The summed E-state index contributed by atoms with van der Waals surface area (Å²) >= 11 is 0. The van der Waals surface area contributed by atoms with Crippen molar-refractivity contribution in [3.63, 3.8) is 0 Å². The first-order valence-corrected chi connectivity index (χ1v) is 10.7. The first-order chi connectivity index (χ1) is 12.6. The van der Waals surface area contributed by atoms with Gasteiger partial charge < -0.3 is 9.64 Å². The molecule has 1 aliphatic carbocycles. The van der Waals surface area contributed by atoms with Crippen molar-refractivity contribution in [2.75, 3.05) is 40.3 Å². The minimum absolute atomic E-state index is 0.234. The molecule has 0 aromatic heterocycles. The number of ether oxygens (including phenoxy) is 1. The van der Waals surface area contributed by atoms with Crippen LogP contribution in [0.4, 0.5) is 0 Å². The fourth-order valence-corrected chi connectivity index (χ4v) is 5.76. The standard InChI is InChI=1S/C23H36N2O/c1-24(2)23(20-7-4-3-5-8-20)13-11-22(12-14-23)15-17-25(19-22)16-10-21-9-6-18-26-21/h3-5,7-8,21H,6,9-19H2,1-2H3. The van der Waals surface area contributed by atoms with E-state index in [-0.39, 0.29) is 5.54 Å². The molecule has 3 fully saturated rings. The van der Waals surface area contributed by atoms with Crippen LogP contribution in [-0.4, -0.2) is 56.2 Å². The van der Waals surface area contributed by atoms with E-state index in [4.69, 9.17) is 4.74 Å². The van der Waals surface area contributed by atoms with Crippen molar-refractivity contribution in [1.82, 2.24) is 9.80 Å². The van der Waals surface area contributed by atoms with Gasteiger partial charge in [-0.1, -0.05) is 30.3 Å². The molecule has 26 heavy (non-hydrogen) atoms. The van der Waals surface area contributed by atoms with E-state index in [1.165, 1.54) is 76.6 Å². The Bertz CT molecular complexity index is 571. The largest absolute Gasteiger partial charge is 0.378 e. The van der Waals surface area contributed by atoms with Crippen LogP contribution in [-0.2, 0) is 10.3 Å². The lowest BCUT2D eigenvalue weighted by Gasteiger charge is -2.49. The van der Waals surface area contributed by atoms with Gasteiger partial charge >= 0.3 is 0 Å². The second-order valence-electron chi connectivity index (χ2n) is 9.24. The molecule has 1 unspecified atom stereocenters. The third kappa shape index (κ3) is 3.58. The minimum Gasteiger partial charge on any atom is -0.378 e. The van der Waals surface area contributed by atoms with Crippen LogP contribution in [0.5, 0.6) is 0 Å². The fourth-order valence-electron chi connectivity index (χ4n) is 5.76. The van der Waals surface area contributed by atoms with Crippen molar-refractivity contribution in [2.24, 2.45) is 5.41 Å². The average Bonchev–Trinajstić information content (AvgIpc) is 3.32. The summed E-state index contributed by atoms with van der Waals surface area (Å²) in [5.41, 5.74) is 2.32. The van der Waals surface area contributed by atoms with Crippen molar-refractivity contribution in [2.45, 2.75) is 63.0 Å². The zero-order valence-electron chi connectivity index (χ0n) is 16.8. The smallest absolute Gasteiger partial charge is 0.0588 e. The van der Waals surface area contributed by atoms with Crippen LogP contribution in [0.25, 0.3) is 0 Å². The maximum atomic E-state index is 5.82. The highest BCUT2D eigenvalue weighted by molar-refractivity contribution is 5.26. The number of rotatable bonds is 5. The summed E-state index contributed by atoms with van der Waals surface area (Å²) in [5, 5.41) is 0. The first-order valence-electron chi connectivity index (χ1n) is 10.7. The van der Waals surface area contributed by atoms with Gasteiger partial charge in [-0.25, -0.2) is 0 Å². The van der Waals surface area contributed by atoms with Crippen molar-refractivity contribution < 1.29 is 4.74 Å². The summed E-state index contributed by atoms with van der Waals surface area (Å²) in [6.07, 6.45) is 11.1. The molecule has 1 aromatic carbocycles. The van der Waals surface area contributed by atoms with Gasteiger partial charge in [-0.05, 0) is 83.0 Å². The summed E-state index contributed by atoms with van der Waals surface area (Å²) in [7, 11) is 4.54. The highest BCUT2D eigenvalue weighted by Crippen LogP contribution is 2.51. The molecule has 0 amide bonds. The molecule has 3 heteroatoms. The molecule has 1 saturated carbocycles. The van der Waals surface area contributed by atoms with Gasteiger partial charge in [0.25, 0.3) is 0 Å². The fraction of sp³-hybridized carbons (Fsp3) is 0.739. The Hall–Kier alpha value is -0.900. The monoisotopic (exact) mass is 356 g/mol. The van der Waals surface area contributed by atoms with Crippen LogP contribution in [0.2, 0.25) is 0 Å². The van der Waals surface area contributed by atoms with E-state index in [1.54, 1.807) is 0 Å². The lowest BCUT2D eigenvalue weighted by Crippen LogP contribution is -2.47. The van der Waals surface area contributed by atoms with Crippen LogP contribution in [0.3, 0.4) is 0 Å². The highest BCUT2D eigenvalue weighted by Gasteiger charge is 2.47. The van der Waals surface area contributed by atoms with E-state index in [9.17, 15) is 0 Å². The number of hydrogen-bond donors (Lipinski definition) is 0. The highest BCUT2D eigenvalue weighted by atomic mass is 16.5. The molecule has 144 valence electrons. The summed E-state index contributed by atoms with van der Waals surface area (Å²) in [5.74, 6) is 0. The Morgan fingerprint density at radius 2 is 1.85 bits per heavy atom. The number of likely N-dealkylation sites (tertiary alicyclic amines) is 1. The molecular weight excluding hydrogens is 320 g/mol. The van der Waals surface area contributed by atoms with E-state index in [0.29, 0.717) is 11.5 Å². The van der Waals surface area contributed by atoms with E-state index < -0.39 is 0 Å². The molecule has 3 nitrogen and oxygen atoms in total. The Balaban J connectivity index is 1.36. The maximum Gasteiger partial charge on any atom is 0.0588 e. The zero-order chi connectivity index (χ0) is 18.0. The normalized spacial score (nSPS) is 35.6. The van der Waals surface area contributed by atoms with Crippen LogP contribution in [0, 0.1) is 5.41 Å². The summed E-state index contributed by atoms with van der Waals surface area (Å²) in [6.45, 7) is 4.84. The number of hydrogen-bond acceptors (Lipinski definition) is 3. The lowest BCUT2D eigenvalue weighted by molar-refractivity contribution is 0.0368. The minimum atomic E-state index is 0.234. The zero-order valence-corrected chi connectivity index (χ0v) is 16.8.